The molecule has 1 atom stereocenters. The Bertz CT molecular complexity index is 688. The van der Waals surface area contributed by atoms with Crippen molar-refractivity contribution in [3.8, 4) is 22.3 Å². The van der Waals surface area contributed by atoms with Crippen LogP contribution in [-0.2, 0) is 6.16 Å². The average Bonchev–Trinajstić information content (AvgIpc) is 2.57. The summed E-state index contributed by atoms with van der Waals surface area (Å²) in [6.45, 7) is 0. The largest absolute Gasteiger partial charge is 0.377 e. The van der Waals surface area contributed by atoms with Crippen LogP contribution in [0.4, 0.5) is 0 Å². The van der Waals surface area contributed by atoms with Crippen LogP contribution in [0.2, 0.25) is 0 Å². The lowest BCUT2D eigenvalue weighted by molar-refractivity contribution is 0.644. The second-order valence-corrected chi connectivity index (χ2v) is 5.64. The predicted molar refractivity (Wildman–Crippen MR) is 91.6 cm³/mol. The molecule has 3 aromatic rings. The Balaban J connectivity index is 1.84. The van der Waals surface area contributed by atoms with Gasteiger partial charge >= 0.3 is 0 Å². The molecule has 0 bridgehead atoms. The molecular weight excluding hydrogens is 275 g/mol. The van der Waals surface area contributed by atoms with E-state index in [9.17, 15) is 0 Å². The van der Waals surface area contributed by atoms with Crippen molar-refractivity contribution >= 4 is 8.81 Å². The summed E-state index contributed by atoms with van der Waals surface area (Å²) < 4.78 is 0. The van der Waals surface area contributed by atoms with E-state index >= 15 is 0 Å². The lowest BCUT2D eigenvalue weighted by atomic mass is 10.00. The molecule has 0 aromatic heterocycles. The van der Waals surface area contributed by atoms with Gasteiger partial charge in [0.25, 0.3) is 0 Å². The Hall–Kier alpha value is -1.95. The molecule has 0 fully saturated rings. The molecule has 0 amide bonds. The lowest BCUT2D eigenvalue weighted by Gasteiger charge is -2.06. The summed E-state index contributed by atoms with van der Waals surface area (Å²) in [7, 11) is -0.0193. The van der Waals surface area contributed by atoms with Crippen LogP contribution in [0, 0.1) is 0 Å². The summed E-state index contributed by atoms with van der Waals surface area (Å²) >= 11 is 0. The molecule has 0 saturated carbocycles. The third kappa shape index (κ3) is 3.39. The number of rotatable bonds is 4. The van der Waals surface area contributed by atoms with E-state index < -0.39 is 0 Å². The maximum Gasteiger partial charge on any atom is 0.0152 e. The van der Waals surface area contributed by atoms with Crippen molar-refractivity contribution in [3.05, 3.63) is 84.4 Å². The van der Waals surface area contributed by atoms with Gasteiger partial charge in [0.2, 0.25) is 0 Å². The maximum atomic E-state index is 8.97. The normalized spacial score (nSPS) is 11.1. The van der Waals surface area contributed by atoms with Crippen LogP contribution in [0.15, 0.2) is 78.9 Å². The molecule has 0 heterocycles. The minimum atomic E-state index is -0.0193. The smallest absolute Gasteiger partial charge is 0.0152 e. The molecule has 1 N–H and O–H groups in total. The predicted octanol–water partition coefficient (Wildman–Crippen LogP) is 5.11. The topological polar surface area (TPSA) is 20.2 Å². The third-order valence-corrected chi connectivity index (χ3v) is 4.13. The minimum Gasteiger partial charge on any atom is -0.377 e. The summed E-state index contributed by atoms with van der Waals surface area (Å²) in [6, 6.07) is 27.4. The van der Waals surface area contributed by atoms with Crippen LogP contribution in [0.3, 0.4) is 0 Å². The highest BCUT2D eigenvalue weighted by Crippen LogP contribution is 2.25. The SMILES string of the molecule is OPCc1ccc(-c2ccc(-c3ccccc3)cc2)cc1. The molecule has 0 saturated heterocycles. The van der Waals surface area contributed by atoms with Crippen LogP contribution in [-0.4, -0.2) is 4.89 Å². The molecule has 0 aliphatic heterocycles. The van der Waals surface area contributed by atoms with Crippen molar-refractivity contribution < 1.29 is 4.89 Å². The van der Waals surface area contributed by atoms with Gasteiger partial charge < -0.3 is 4.89 Å². The van der Waals surface area contributed by atoms with E-state index in [4.69, 9.17) is 4.89 Å². The molecule has 3 rings (SSSR count). The van der Waals surface area contributed by atoms with E-state index in [0.29, 0.717) is 0 Å². The molecule has 21 heavy (non-hydrogen) atoms. The zero-order valence-electron chi connectivity index (χ0n) is 11.7. The van der Waals surface area contributed by atoms with Crippen LogP contribution >= 0.6 is 8.81 Å². The fourth-order valence-corrected chi connectivity index (χ4v) is 2.81. The van der Waals surface area contributed by atoms with Crippen LogP contribution < -0.4 is 0 Å². The van der Waals surface area contributed by atoms with Gasteiger partial charge in [-0.25, -0.2) is 0 Å². The first kappa shape index (κ1) is 14.0. The summed E-state index contributed by atoms with van der Waals surface area (Å²) in [6.07, 6.45) is 0.743. The monoisotopic (exact) mass is 292 g/mol. The molecule has 0 radical (unpaired) electrons. The Morgan fingerprint density at radius 1 is 0.571 bits per heavy atom. The molecule has 2 heteroatoms. The van der Waals surface area contributed by atoms with Crippen molar-refractivity contribution in [1.29, 1.82) is 0 Å². The van der Waals surface area contributed by atoms with Crippen molar-refractivity contribution in [1.82, 2.24) is 0 Å². The summed E-state index contributed by atoms with van der Waals surface area (Å²) in [5, 5.41) is 0. The third-order valence-electron chi connectivity index (χ3n) is 3.56. The number of hydrogen-bond donors (Lipinski definition) is 1. The quantitative estimate of drug-likeness (QED) is 0.663. The maximum absolute atomic E-state index is 8.97. The number of hydrogen-bond acceptors (Lipinski definition) is 1. The van der Waals surface area contributed by atoms with Gasteiger partial charge in [0.1, 0.15) is 0 Å². The number of benzene rings is 3. The first-order valence-corrected chi connectivity index (χ1v) is 8.14. The van der Waals surface area contributed by atoms with Crippen LogP contribution in [0.5, 0.6) is 0 Å². The Morgan fingerprint density at radius 3 is 1.48 bits per heavy atom. The van der Waals surface area contributed by atoms with Gasteiger partial charge in [-0.15, -0.1) is 0 Å². The van der Waals surface area contributed by atoms with Gasteiger partial charge in [-0.2, -0.15) is 0 Å². The fraction of sp³-hybridized carbons (Fsp3) is 0.0526. The zero-order valence-corrected chi connectivity index (χ0v) is 12.7. The van der Waals surface area contributed by atoms with Gasteiger partial charge in [0.05, 0.1) is 0 Å². The fourth-order valence-electron chi connectivity index (χ4n) is 2.39. The van der Waals surface area contributed by atoms with E-state index in [-0.39, 0.29) is 8.81 Å². The van der Waals surface area contributed by atoms with Gasteiger partial charge in [-0.05, 0) is 27.8 Å². The van der Waals surface area contributed by atoms with E-state index in [1.807, 2.05) is 6.07 Å². The Kier molecular flexibility index (Phi) is 4.45. The molecule has 1 nitrogen and oxygen atoms in total. The molecule has 0 aliphatic carbocycles. The van der Waals surface area contributed by atoms with Crippen molar-refractivity contribution in [2.45, 2.75) is 6.16 Å². The Morgan fingerprint density at radius 2 is 1.00 bits per heavy atom. The molecular formula is C19H17OP. The van der Waals surface area contributed by atoms with Crippen molar-refractivity contribution in [2.24, 2.45) is 0 Å². The molecule has 0 aliphatic rings. The van der Waals surface area contributed by atoms with Gasteiger partial charge in [0.15, 0.2) is 0 Å². The van der Waals surface area contributed by atoms with Crippen LogP contribution in [0.1, 0.15) is 5.56 Å². The zero-order chi connectivity index (χ0) is 14.5. The first-order chi connectivity index (χ1) is 10.4. The van der Waals surface area contributed by atoms with Gasteiger partial charge in [-0.1, -0.05) is 78.9 Å². The average molecular weight is 292 g/mol. The first-order valence-electron chi connectivity index (χ1n) is 6.98. The van der Waals surface area contributed by atoms with E-state index in [1.54, 1.807) is 0 Å². The molecule has 3 aromatic carbocycles. The van der Waals surface area contributed by atoms with Gasteiger partial charge in [0, 0.05) is 15.0 Å². The lowest BCUT2D eigenvalue weighted by Crippen LogP contribution is -1.82. The van der Waals surface area contributed by atoms with Crippen LogP contribution in [0.25, 0.3) is 22.3 Å². The summed E-state index contributed by atoms with van der Waals surface area (Å²) in [4.78, 5) is 8.97. The van der Waals surface area contributed by atoms with Gasteiger partial charge in [-0.3, -0.25) is 0 Å². The highest BCUT2D eigenvalue weighted by Gasteiger charge is 2.00. The summed E-state index contributed by atoms with van der Waals surface area (Å²) in [5.41, 5.74) is 6.08. The van der Waals surface area contributed by atoms with Crippen molar-refractivity contribution in [3.63, 3.8) is 0 Å². The van der Waals surface area contributed by atoms with E-state index in [0.717, 1.165) is 6.16 Å². The highest BCUT2D eigenvalue weighted by molar-refractivity contribution is 7.30. The van der Waals surface area contributed by atoms with Crippen molar-refractivity contribution in [2.75, 3.05) is 0 Å². The molecule has 104 valence electrons. The highest BCUT2D eigenvalue weighted by atomic mass is 31.1. The van der Waals surface area contributed by atoms with E-state index in [1.165, 1.54) is 27.8 Å². The minimum absolute atomic E-state index is 0.0193. The second kappa shape index (κ2) is 6.67. The van der Waals surface area contributed by atoms with E-state index in [2.05, 4.69) is 72.8 Å². The Labute approximate surface area is 127 Å². The standard InChI is InChI=1S/C19H17OP/c20-21-14-15-6-8-17(9-7-15)19-12-10-18(11-13-19)16-4-2-1-3-5-16/h1-13,20-21H,14H2. The summed E-state index contributed by atoms with van der Waals surface area (Å²) in [5.74, 6) is 0. The molecule has 1 unspecified atom stereocenters. The second-order valence-electron chi connectivity index (χ2n) is 4.98. The molecule has 0 spiro atoms.